The van der Waals surface area contributed by atoms with Gasteiger partial charge < -0.3 is 19.5 Å². The van der Waals surface area contributed by atoms with Gasteiger partial charge in [-0.15, -0.1) is 0 Å². The highest BCUT2D eigenvalue weighted by molar-refractivity contribution is 5.96. The Labute approximate surface area is 116 Å². The molecule has 0 radical (unpaired) electrons. The largest absolute Gasteiger partial charge is 0.508 e. The summed E-state index contributed by atoms with van der Waals surface area (Å²) in [6, 6.07) is 4.80. The number of hydrogen-bond acceptors (Lipinski definition) is 5. The van der Waals surface area contributed by atoms with Crippen molar-refractivity contribution in [1.29, 1.82) is 0 Å². The van der Waals surface area contributed by atoms with Crippen molar-refractivity contribution in [3.05, 3.63) is 29.3 Å². The fourth-order valence-electron chi connectivity index (χ4n) is 2.13. The lowest BCUT2D eigenvalue weighted by atomic mass is 10.1. The Bertz CT molecular complexity index is 528. The van der Waals surface area contributed by atoms with E-state index in [1.165, 1.54) is 18.1 Å². The summed E-state index contributed by atoms with van der Waals surface area (Å²) in [6.45, 7) is 2.52. The van der Waals surface area contributed by atoms with Gasteiger partial charge >= 0.3 is 5.97 Å². The molecule has 0 aromatic heterocycles. The van der Waals surface area contributed by atoms with E-state index >= 15 is 0 Å². The van der Waals surface area contributed by atoms with E-state index in [4.69, 9.17) is 4.74 Å². The van der Waals surface area contributed by atoms with Crippen molar-refractivity contribution in [2.24, 2.45) is 0 Å². The predicted octanol–water partition coefficient (Wildman–Crippen LogP) is 0.715. The maximum Gasteiger partial charge on any atom is 0.336 e. The Morgan fingerprint density at radius 3 is 2.90 bits per heavy atom. The Hall–Kier alpha value is -2.08. The second-order valence-electron chi connectivity index (χ2n) is 4.58. The number of aromatic hydroxyl groups is 1. The molecule has 1 saturated heterocycles. The van der Waals surface area contributed by atoms with Crippen LogP contribution >= 0.6 is 0 Å². The zero-order chi connectivity index (χ0) is 14.7. The first kappa shape index (κ1) is 14.3. The summed E-state index contributed by atoms with van der Waals surface area (Å²) in [5.74, 6) is -0.639. The van der Waals surface area contributed by atoms with Crippen molar-refractivity contribution in [2.45, 2.75) is 13.0 Å². The third kappa shape index (κ3) is 2.75. The fourth-order valence-corrected chi connectivity index (χ4v) is 2.13. The van der Waals surface area contributed by atoms with Gasteiger partial charge in [0.15, 0.2) is 6.10 Å². The molecule has 0 spiro atoms. The number of ether oxygens (including phenoxy) is 2. The molecule has 1 unspecified atom stereocenters. The summed E-state index contributed by atoms with van der Waals surface area (Å²) >= 11 is 0. The quantitative estimate of drug-likeness (QED) is 0.807. The van der Waals surface area contributed by atoms with Gasteiger partial charge in [0.05, 0.1) is 20.3 Å². The van der Waals surface area contributed by atoms with Gasteiger partial charge in [0.25, 0.3) is 5.91 Å². The minimum atomic E-state index is -0.754. The molecule has 1 aromatic carbocycles. The summed E-state index contributed by atoms with van der Waals surface area (Å²) in [6.07, 6.45) is -0.754. The smallest absolute Gasteiger partial charge is 0.336 e. The molecule has 6 heteroatoms. The number of methoxy groups -OCH3 is 1. The van der Waals surface area contributed by atoms with E-state index in [0.29, 0.717) is 17.7 Å². The van der Waals surface area contributed by atoms with Crippen LogP contribution in [-0.2, 0) is 14.3 Å². The topological polar surface area (TPSA) is 76.1 Å². The van der Waals surface area contributed by atoms with E-state index in [-0.39, 0.29) is 24.8 Å². The second kappa shape index (κ2) is 5.92. The molecule has 0 aliphatic carbocycles. The molecule has 1 atom stereocenters. The van der Waals surface area contributed by atoms with Crippen LogP contribution in [0.2, 0.25) is 0 Å². The predicted molar refractivity (Wildman–Crippen MR) is 70.5 cm³/mol. The van der Waals surface area contributed by atoms with Gasteiger partial charge in [-0.05, 0) is 19.1 Å². The number of esters is 1. The zero-order valence-electron chi connectivity index (χ0n) is 11.5. The highest BCUT2D eigenvalue weighted by Crippen LogP contribution is 2.21. The number of phenolic OH excluding ortho intramolecular Hbond substituents is 1. The van der Waals surface area contributed by atoms with E-state index in [2.05, 4.69) is 4.74 Å². The van der Waals surface area contributed by atoms with Crippen LogP contribution in [0.25, 0.3) is 0 Å². The zero-order valence-corrected chi connectivity index (χ0v) is 11.5. The molecule has 6 nitrogen and oxygen atoms in total. The maximum absolute atomic E-state index is 12.4. The van der Waals surface area contributed by atoms with Crippen LogP contribution in [-0.4, -0.2) is 54.8 Å². The average molecular weight is 279 g/mol. The number of carbonyl (C=O) groups excluding carboxylic acids is 2. The van der Waals surface area contributed by atoms with Crippen molar-refractivity contribution < 1.29 is 24.2 Å². The van der Waals surface area contributed by atoms with Crippen LogP contribution in [0.15, 0.2) is 18.2 Å². The first-order valence-electron chi connectivity index (χ1n) is 6.32. The lowest BCUT2D eigenvalue weighted by molar-refractivity contribution is -0.158. The summed E-state index contributed by atoms with van der Waals surface area (Å²) in [5, 5.41) is 9.66. The van der Waals surface area contributed by atoms with E-state index in [9.17, 15) is 14.7 Å². The number of benzene rings is 1. The van der Waals surface area contributed by atoms with Crippen LogP contribution in [0.4, 0.5) is 0 Å². The summed E-state index contributed by atoms with van der Waals surface area (Å²) in [5.41, 5.74) is 0.953. The minimum Gasteiger partial charge on any atom is -0.508 e. The first-order chi connectivity index (χ1) is 9.54. The third-order valence-electron chi connectivity index (χ3n) is 3.35. The molecular formula is C14H17NO5. The van der Waals surface area contributed by atoms with E-state index in [1.807, 2.05) is 0 Å². The molecule has 0 saturated carbocycles. The van der Waals surface area contributed by atoms with Gasteiger partial charge in [0, 0.05) is 17.7 Å². The highest BCUT2D eigenvalue weighted by Gasteiger charge is 2.30. The molecular weight excluding hydrogens is 262 g/mol. The monoisotopic (exact) mass is 279 g/mol. The van der Waals surface area contributed by atoms with Gasteiger partial charge in [-0.3, -0.25) is 4.79 Å². The van der Waals surface area contributed by atoms with E-state index in [1.54, 1.807) is 19.1 Å². The summed E-state index contributed by atoms with van der Waals surface area (Å²) in [4.78, 5) is 25.4. The van der Waals surface area contributed by atoms with Gasteiger partial charge in [-0.25, -0.2) is 4.79 Å². The lowest BCUT2D eigenvalue weighted by Crippen LogP contribution is -2.49. The van der Waals surface area contributed by atoms with E-state index in [0.717, 1.165) is 0 Å². The third-order valence-corrected chi connectivity index (χ3v) is 3.35. The fraction of sp³-hybridized carbons (Fsp3) is 0.429. The number of carbonyl (C=O) groups is 2. The Balaban J connectivity index is 2.16. The minimum absolute atomic E-state index is 0.0774. The number of amides is 1. The molecule has 1 aliphatic rings. The molecule has 2 rings (SSSR count). The van der Waals surface area contributed by atoms with Gasteiger partial charge in [0.1, 0.15) is 5.75 Å². The Kier molecular flexibility index (Phi) is 4.24. The van der Waals surface area contributed by atoms with Crippen LogP contribution in [0, 0.1) is 6.92 Å². The molecule has 1 N–H and O–H groups in total. The summed E-state index contributed by atoms with van der Waals surface area (Å²) in [7, 11) is 1.28. The molecule has 1 heterocycles. The molecule has 1 aliphatic heterocycles. The number of phenols is 1. The van der Waals surface area contributed by atoms with Gasteiger partial charge in [-0.1, -0.05) is 6.07 Å². The standard InChI is InChI=1S/C14H17NO5/c1-9-10(4-3-5-11(9)16)13(17)15-6-7-20-12(8-15)14(18)19-2/h3-5,12,16H,6-8H2,1-2H3. The molecule has 1 amide bonds. The van der Waals surface area contributed by atoms with Gasteiger partial charge in [-0.2, -0.15) is 0 Å². The number of rotatable bonds is 2. The molecule has 0 bridgehead atoms. The molecule has 108 valence electrons. The number of morpholine rings is 1. The van der Waals surface area contributed by atoms with Crippen molar-refractivity contribution in [2.75, 3.05) is 26.8 Å². The number of nitrogens with zero attached hydrogens (tertiary/aromatic N) is 1. The second-order valence-corrected chi connectivity index (χ2v) is 4.58. The normalized spacial score (nSPS) is 18.7. The molecule has 20 heavy (non-hydrogen) atoms. The Morgan fingerprint density at radius 1 is 1.45 bits per heavy atom. The van der Waals surface area contributed by atoms with Crippen LogP contribution in [0.1, 0.15) is 15.9 Å². The average Bonchev–Trinajstić information content (AvgIpc) is 2.48. The van der Waals surface area contributed by atoms with Crippen molar-refractivity contribution in [3.63, 3.8) is 0 Å². The highest BCUT2D eigenvalue weighted by atomic mass is 16.6. The molecule has 1 aromatic rings. The van der Waals surface area contributed by atoms with Crippen LogP contribution < -0.4 is 0 Å². The SMILES string of the molecule is COC(=O)C1CN(C(=O)c2cccc(O)c2C)CCO1. The molecule has 1 fully saturated rings. The maximum atomic E-state index is 12.4. The van der Waals surface area contributed by atoms with Crippen molar-refractivity contribution in [3.8, 4) is 5.75 Å². The van der Waals surface area contributed by atoms with Crippen molar-refractivity contribution >= 4 is 11.9 Å². The van der Waals surface area contributed by atoms with E-state index < -0.39 is 12.1 Å². The van der Waals surface area contributed by atoms with Gasteiger partial charge in [0.2, 0.25) is 0 Å². The first-order valence-corrected chi connectivity index (χ1v) is 6.32. The number of hydrogen-bond donors (Lipinski definition) is 1. The summed E-state index contributed by atoms with van der Waals surface area (Å²) < 4.78 is 9.91. The van der Waals surface area contributed by atoms with Crippen LogP contribution in [0.5, 0.6) is 5.75 Å². The lowest BCUT2D eigenvalue weighted by Gasteiger charge is -2.31. The Morgan fingerprint density at radius 2 is 2.20 bits per heavy atom. The van der Waals surface area contributed by atoms with Crippen LogP contribution in [0.3, 0.4) is 0 Å². The van der Waals surface area contributed by atoms with Crippen molar-refractivity contribution in [1.82, 2.24) is 4.90 Å².